The zero-order valence-corrected chi connectivity index (χ0v) is 12.3. The zero-order valence-electron chi connectivity index (χ0n) is 11.4. The van der Waals surface area contributed by atoms with E-state index < -0.39 is 0 Å². The summed E-state index contributed by atoms with van der Waals surface area (Å²) in [6.45, 7) is 5.50. The monoisotopic (exact) mass is 283 g/mol. The lowest BCUT2D eigenvalue weighted by Crippen LogP contribution is -2.45. The highest BCUT2D eigenvalue weighted by Crippen LogP contribution is 2.16. The average Bonchev–Trinajstić information content (AvgIpc) is 2.88. The van der Waals surface area contributed by atoms with Crippen LogP contribution in [0.2, 0.25) is 0 Å². The first-order valence-corrected chi connectivity index (χ1v) is 7.66. The number of hydrogen-bond donors (Lipinski definition) is 2. The maximum absolute atomic E-state index is 11.9. The molecule has 2 N–H and O–H groups in total. The molecule has 2 heterocycles. The maximum Gasteiger partial charge on any atom is 0.315 e. The number of amides is 2. The van der Waals surface area contributed by atoms with E-state index in [1.807, 2.05) is 12.3 Å². The van der Waals surface area contributed by atoms with Gasteiger partial charge in [0.25, 0.3) is 0 Å². The molecule has 1 aromatic heterocycles. The molecule has 0 radical (unpaired) electrons. The fraction of sp³-hybridized carbons (Fsp3) is 0.692. The Balaban J connectivity index is 1.80. The van der Waals surface area contributed by atoms with Crippen LogP contribution in [0.15, 0.2) is 5.38 Å². The zero-order chi connectivity index (χ0) is 13.7. The molecule has 0 spiro atoms. The van der Waals surface area contributed by atoms with Gasteiger partial charge in [0, 0.05) is 24.6 Å². The van der Waals surface area contributed by atoms with Gasteiger partial charge in [0.05, 0.1) is 16.7 Å². The Kier molecular flexibility index (Phi) is 5.15. The number of aromatic nitrogens is 1. The van der Waals surface area contributed by atoms with Gasteiger partial charge in [-0.25, -0.2) is 9.78 Å². The number of ether oxygens (including phenoxy) is 1. The van der Waals surface area contributed by atoms with E-state index in [-0.39, 0.29) is 18.1 Å². The third-order valence-electron chi connectivity index (χ3n) is 3.22. The van der Waals surface area contributed by atoms with E-state index >= 15 is 0 Å². The SMILES string of the molecule is CCc1nc(C(C)NC(=O)NC2CCOCC2)cs1. The Morgan fingerprint density at radius 2 is 2.32 bits per heavy atom. The van der Waals surface area contributed by atoms with E-state index in [1.165, 1.54) is 0 Å². The molecule has 2 rings (SSSR count). The second kappa shape index (κ2) is 6.86. The molecule has 5 nitrogen and oxygen atoms in total. The van der Waals surface area contributed by atoms with Crippen LogP contribution in [0.5, 0.6) is 0 Å². The van der Waals surface area contributed by atoms with Crippen LogP contribution in [0.1, 0.15) is 43.4 Å². The van der Waals surface area contributed by atoms with Gasteiger partial charge < -0.3 is 15.4 Å². The molecule has 1 aromatic rings. The maximum atomic E-state index is 11.9. The first kappa shape index (κ1) is 14.3. The molecule has 19 heavy (non-hydrogen) atoms. The summed E-state index contributed by atoms with van der Waals surface area (Å²) in [6.07, 6.45) is 2.71. The van der Waals surface area contributed by atoms with Gasteiger partial charge in [-0.3, -0.25) is 0 Å². The van der Waals surface area contributed by atoms with Crippen molar-refractivity contribution in [2.24, 2.45) is 0 Å². The fourth-order valence-electron chi connectivity index (χ4n) is 2.03. The normalized spacial score (nSPS) is 18.0. The van der Waals surface area contributed by atoms with E-state index in [1.54, 1.807) is 11.3 Å². The van der Waals surface area contributed by atoms with Crippen molar-refractivity contribution in [3.8, 4) is 0 Å². The van der Waals surface area contributed by atoms with Crippen molar-refractivity contribution in [1.82, 2.24) is 15.6 Å². The molecule has 1 aliphatic rings. The summed E-state index contributed by atoms with van der Waals surface area (Å²) in [7, 11) is 0. The molecule has 0 aliphatic carbocycles. The minimum Gasteiger partial charge on any atom is -0.381 e. The van der Waals surface area contributed by atoms with Gasteiger partial charge in [-0.2, -0.15) is 0 Å². The number of nitrogens with one attached hydrogen (secondary N) is 2. The Hall–Kier alpha value is -1.14. The largest absolute Gasteiger partial charge is 0.381 e. The molecular weight excluding hydrogens is 262 g/mol. The predicted octanol–water partition coefficient (Wildman–Crippen LogP) is 2.24. The summed E-state index contributed by atoms with van der Waals surface area (Å²) in [5.41, 5.74) is 0.934. The fourth-order valence-corrected chi connectivity index (χ4v) is 2.86. The van der Waals surface area contributed by atoms with Crippen LogP contribution >= 0.6 is 11.3 Å². The van der Waals surface area contributed by atoms with Gasteiger partial charge in [0.1, 0.15) is 0 Å². The molecule has 1 saturated heterocycles. The number of urea groups is 1. The van der Waals surface area contributed by atoms with Gasteiger partial charge >= 0.3 is 6.03 Å². The molecule has 0 aromatic carbocycles. The van der Waals surface area contributed by atoms with E-state index in [4.69, 9.17) is 4.74 Å². The Morgan fingerprint density at radius 1 is 1.58 bits per heavy atom. The van der Waals surface area contributed by atoms with E-state index in [0.717, 1.165) is 43.2 Å². The van der Waals surface area contributed by atoms with Crippen LogP contribution in [-0.4, -0.2) is 30.3 Å². The van der Waals surface area contributed by atoms with E-state index in [0.29, 0.717) is 0 Å². The second-order valence-corrected chi connectivity index (χ2v) is 5.69. The van der Waals surface area contributed by atoms with Crippen molar-refractivity contribution in [1.29, 1.82) is 0 Å². The molecule has 0 bridgehead atoms. The van der Waals surface area contributed by atoms with Crippen LogP contribution in [0.4, 0.5) is 4.79 Å². The number of rotatable bonds is 4. The van der Waals surface area contributed by atoms with Gasteiger partial charge in [-0.05, 0) is 26.2 Å². The van der Waals surface area contributed by atoms with Gasteiger partial charge in [-0.1, -0.05) is 6.92 Å². The standard InChI is InChI=1S/C13H21N3O2S/c1-3-12-16-11(8-19-12)9(2)14-13(17)15-10-4-6-18-7-5-10/h8-10H,3-7H2,1-2H3,(H2,14,15,17). The predicted molar refractivity (Wildman–Crippen MR) is 75.4 cm³/mol. The quantitative estimate of drug-likeness (QED) is 0.891. The van der Waals surface area contributed by atoms with Crippen LogP contribution in [-0.2, 0) is 11.2 Å². The average molecular weight is 283 g/mol. The van der Waals surface area contributed by atoms with Crippen LogP contribution < -0.4 is 10.6 Å². The molecule has 1 atom stereocenters. The van der Waals surface area contributed by atoms with Crippen molar-refractivity contribution < 1.29 is 9.53 Å². The third kappa shape index (κ3) is 4.18. The summed E-state index contributed by atoms with van der Waals surface area (Å²) >= 11 is 1.64. The molecule has 0 saturated carbocycles. The van der Waals surface area contributed by atoms with Crippen LogP contribution in [0.25, 0.3) is 0 Å². The van der Waals surface area contributed by atoms with E-state index in [2.05, 4.69) is 22.5 Å². The van der Waals surface area contributed by atoms with Crippen molar-refractivity contribution >= 4 is 17.4 Å². The molecule has 106 valence electrons. The van der Waals surface area contributed by atoms with Crippen molar-refractivity contribution in [3.63, 3.8) is 0 Å². The molecular formula is C13H21N3O2S. The lowest BCUT2D eigenvalue weighted by Gasteiger charge is -2.24. The molecule has 1 aliphatic heterocycles. The summed E-state index contributed by atoms with van der Waals surface area (Å²) < 4.78 is 5.27. The summed E-state index contributed by atoms with van der Waals surface area (Å²) in [4.78, 5) is 16.4. The first-order valence-electron chi connectivity index (χ1n) is 6.78. The van der Waals surface area contributed by atoms with Crippen molar-refractivity contribution in [2.75, 3.05) is 13.2 Å². The lowest BCUT2D eigenvalue weighted by molar-refractivity contribution is 0.0800. The van der Waals surface area contributed by atoms with Gasteiger partial charge in [0.15, 0.2) is 0 Å². The summed E-state index contributed by atoms with van der Waals surface area (Å²) in [5, 5.41) is 9.04. The molecule has 1 fully saturated rings. The topological polar surface area (TPSA) is 63.2 Å². The Labute approximate surface area is 117 Å². The summed E-state index contributed by atoms with van der Waals surface area (Å²) in [6, 6.07) is 0.0458. The summed E-state index contributed by atoms with van der Waals surface area (Å²) in [5.74, 6) is 0. The molecule has 6 heteroatoms. The minimum atomic E-state index is -0.120. The number of carbonyl (C=O) groups is 1. The number of nitrogens with zero attached hydrogens (tertiary/aromatic N) is 1. The van der Waals surface area contributed by atoms with Crippen molar-refractivity contribution in [2.45, 2.75) is 45.2 Å². The third-order valence-corrected chi connectivity index (χ3v) is 4.23. The lowest BCUT2D eigenvalue weighted by atomic mass is 10.1. The smallest absolute Gasteiger partial charge is 0.315 e. The first-order chi connectivity index (χ1) is 9.19. The van der Waals surface area contributed by atoms with E-state index in [9.17, 15) is 4.79 Å². The highest BCUT2D eigenvalue weighted by molar-refractivity contribution is 7.09. The van der Waals surface area contributed by atoms with Crippen LogP contribution in [0, 0.1) is 0 Å². The highest BCUT2D eigenvalue weighted by Gasteiger charge is 2.18. The second-order valence-electron chi connectivity index (χ2n) is 4.75. The number of hydrogen-bond acceptors (Lipinski definition) is 4. The molecule has 1 unspecified atom stereocenters. The Bertz CT molecular complexity index is 416. The highest BCUT2D eigenvalue weighted by atomic mass is 32.1. The number of carbonyl (C=O) groups excluding carboxylic acids is 1. The number of aryl methyl sites for hydroxylation is 1. The number of thiazole rings is 1. The van der Waals surface area contributed by atoms with Gasteiger partial charge in [0.2, 0.25) is 0 Å². The van der Waals surface area contributed by atoms with Crippen molar-refractivity contribution in [3.05, 3.63) is 16.1 Å². The molecule has 2 amide bonds. The van der Waals surface area contributed by atoms with Crippen LogP contribution in [0.3, 0.4) is 0 Å². The van der Waals surface area contributed by atoms with Gasteiger partial charge in [-0.15, -0.1) is 11.3 Å². The Morgan fingerprint density at radius 3 is 2.95 bits per heavy atom. The minimum absolute atomic E-state index is 0.0589.